The second-order valence-electron chi connectivity index (χ2n) is 8.81. The number of aromatic nitrogens is 1. The van der Waals surface area contributed by atoms with E-state index < -0.39 is 18.0 Å². The molecule has 0 unspecified atom stereocenters. The first-order valence-electron chi connectivity index (χ1n) is 13.2. The molecule has 0 fully saturated rings. The van der Waals surface area contributed by atoms with E-state index in [0.29, 0.717) is 50.0 Å². The van der Waals surface area contributed by atoms with E-state index in [9.17, 15) is 14.4 Å². The van der Waals surface area contributed by atoms with Gasteiger partial charge in [-0.1, -0.05) is 29.5 Å². The SMILES string of the molecule is CCOC(=O)COc1cc(/C=c2/sc3n(c2=O)[C@H](c2ccc(OCC)cc2)C(C(=O)OCC)=C(C)N=3)ccc1OC. The maximum atomic E-state index is 13.9. The number of allylic oxidation sites excluding steroid dienone is 1. The van der Waals surface area contributed by atoms with Gasteiger partial charge in [0.2, 0.25) is 0 Å². The first-order valence-corrected chi connectivity index (χ1v) is 14.0. The Morgan fingerprint density at radius 1 is 0.976 bits per heavy atom. The molecule has 1 aliphatic heterocycles. The molecule has 216 valence electrons. The molecule has 0 spiro atoms. The standard InChI is InChI=1S/C30H32N2O8S/c1-6-37-21-12-10-20(11-13-21)27-26(29(35)39-8-3)18(4)31-30-32(27)28(34)24(41-30)16-19-9-14-22(36-5)23(15-19)40-17-25(33)38-7-2/h9-16,27H,6-8,17H2,1-5H3/b24-16+/t27-/m1/s1. The van der Waals surface area contributed by atoms with Crippen molar-refractivity contribution in [2.45, 2.75) is 33.7 Å². The van der Waals surface area contributed by atoms with Gasteiger partial charge in [-0.25, -0.2) is 14.6 Å². The van der Waals surface area contributed by atoms with E-state index in [2.05, 4.69) is 4.99 Å². The number of fused-ring (bicyclic) bond motifs is 1. The number of carbonyl (C=O) groups is 2. The summed E-state index contributed by atoms with van der Waals surface area (Å²) in [5.74, 6) is 0.409. The smallest absolute Gasteiger partial charge is 0.344 e. The molecule has 0 saturated heterocycles. The third-order valence-electron chi connectivity index (χ3n) is 6.16. The summed E-state index contributed by atoms with van der Waals surface area (Å²) < 4.78 is 28.8. The van der Waals surface area contributed by atoms with Crippen LogP contribution in [0.1, 0.15) is 44.9 Å². The van der Waals surface area contributed by atoms with Crippen molar-refractivity contribution < 1.29 is 33.3 Å². The number of ether oxygens (including phenoxy) is 5. The van der Waals surface area contributed by atoms with Crippen LogP contribution in [0.15, 0.2) is 63.5 Å². The molecule has 0 radical (unpaired) electrons. The number of hydrogen-bond donors (Lipinski definition) is 0. The van der Waals surface area contributed by atoms with Crippen LogP contribution in [-0.2, 0) is 19.1 Å². The Hall–Kier alpha value is -4.38. The molecule has 1 aromatic heterocycles. The molecule has 4 rings (SSSR count). The zero-order chi connectivity index (χ0) is 29.5. The summed E-state index contributed by atoms with van der Waals surface area (Å²) >= 11 is 1.21. The minimum absolute atomic E-state index is 0.189. The molecule has 1 atom stereocenters. The third-order valence-corrected chi connectivity index (χ3v) is 7.14. The van der Waals surface area contributed by atoms with E-state index in [1.807, 2.05) is 31.2 Å². The molecule has 1 aliphatic rings. The molecule has 3 aromatic rings. The fraction of sp³-hybridized carbons (Fsp3) is 0.333. The predicted molar refractivity (Wildman–Crippen MR) is 153 cm³/mol. The molecular formula is C30H32N2O8S. The van der Waals surface area contributed by atoms with Crippen molar-refractivity contribution in [3.05, 3.63) is 84.5 Å². The number of rotatable bonds is 11. The summed E-state index contributed by atoms with van der Waals surface area (Å²) in [5.41, 5.74) is 1.83. The Labute approximate surface area is 241 Å². The highest BCUT2D eigenvalue weighted by atomic mass is 32.1. The van der Waals surface area contributed by atoms with Crippen LogP contribution in [0.3, 0.4) is 0 Å². The van der Waals surface area contributed by atoms with Crippen LogP contribution in [-0.4, -0.2) is 50.0 Å². The van der Waals surface area contributed by atoms with Crippen molar-refractivity contribution >= 4 is 29.4 Å². The zero-order valence-corrected chi connectivity index (χ0v) is 24.4. The van der Waals surface area contributed by atoms with Crippen molar-refractivity contribution in [3.63, 3.8) is 0 Å². The van der Waals surface area contributed by atoms with Crippen molar-refractivity contribution in [1.82, 2.24) is 4.57 Å². The highest BCUT2D eigenvalue weighted by Gasteiger charge is 2.33. The van der Waals surface area contributed by atoms with Gasteiger partial charge in [-0.2, -0.15) is 0 Å². The lowest BCUT2D eigenvalue weighted by atomic mass is 9.96. The largest absolute Gasteiger partial charge is 0.494 e. The first-order chi connectivity index (χ1) is 19.8. The highest BCUT2D eigenvalue weighted by Crippen LogP contribution is 2.32. The number of hydrogen-bond acceptors (Lipinski definition) is 10. The molecule has 41 heavy (non-hydrogen) atoms. The Bertz CT molecular complexity index is 1640. The molecule has 0 amide bonds. The molecule has 2 aromatic carbocycles. The van der Waals surface area contributed by atoms with Crippen LogP contribution in [0.2, 0.25) is 0 Å². The average molecular weight is 581 g/mol. The first kappa shape index (κ1) is 29.6. The van der Waals surface area contributed by atoms with E-state index in [1.54, 1.807) is 45.0 Å². The molecule has 11 heteroatoms. The third kappa shape index (κ3) is 6.51. The summed E-state index contributed by atoms with van der Waals surface area (Å²) in [6, 6.07) is 11.7. The van der Waals surface area contributed by atoms with E-state index in [1.165, 1.54) is 23.0 Å². The van der Waals surface area contributed by atoms with Crippen LogP contribution < -0.4 is 29.1 Å². The van der Waals surface area contributed by atoms with Gasteiger partial charge in [0, 0.05) is 0 Å². The number of thiazole rings is 1. The van der Waals surface area contributed by atoms with Gasteiger partial charge in [0.25, 0.3) is 5.56 Å². The monoisotopic (exact) mass is 580 g/mol. The van der Waals surface area contributed by atoms with Gasteiger partial charge in [0.05, 0.1) is 48.8 Å². The molecule has 0 bridgehead atoms. The van der Waals surface area contributed by atoms with Crippen LogP contribution in [0.25, 0.3) is 6.08 Å². The highest BCUT2D eigenvalue weighted by molar-refractivity contribution is 7.07. The van der Waals surface area contributed by atoms with Gasteiger partial charge < -0.3 is 23.7 Å². The number of methoxy groups -OCH3 is 1. The van der Waals surface area contributed by atoms with Crippen molar-refractivity contribution in [1.29, 1.82) is 0 Å². The van der Waals surface area contributed by atoms with E-state index in [-0.39, 0.29) is 25.4 Å². The van der Waals surface area contributed by atoms with Crippen molar-refractivity contribution in [3.8, 4) is 17.2 Å². The molecule has 10 nitrogen and oxygen atoms in total. The summed E-state index contributed by atoms with van der Waals surface area (Å²) in [5, 5.41) is 0. The van der Waals surface area contributed by atoms with Gasteiger partial charge >= 0.3 is 11.9 Å². The van der Waals surface area contributed by atoms with Gasteiger partial charge in [-0.3, -0.25) is 9.36 Å². The molecular weight excluding hydrogens is 548 g/mol. The average Bonchev–Trinajstić information content (AvgIpc) is 3.26. The lowest BCUT2D eigenvalue weighted by Crippen LogP contribution is -2.39. The predicted octanol–water partition coefficient (Wildman–Crippen LogP) is 3.15. The molecule has 0 saturated carbocycles. The van der Waals surface area contributed by atoms with Crippen LogP contribution in [0, 0.1) is 0 Å². The van der Waals surface area contributed by atoms with E-state index >= 15 is 0 Å². The lowest BCUT2D eigenvalue weighted by molar-refractivity contribution is -0.145. The lowest BCUT2D eigenvalue weighted by Gasteiger charge is -2.24. The second kappa shape index (κ2) is 13.3. The van der Waals surface area contributed by atoms with Gasteiger partial charge in [-0.15, -0.1) is 0 Å². The summed E-state index contributed by atoms with van der Waals surface area (Å²) in [4.78, 5) is 43.8. The zero-order valence-electron chi connectivity index (χ0n) is 23.6. The Balaban J connectivity index is 1.81. The minimum atomic E-state index is -0.734. The number of nitrogens with zero attached hydrogens (tertiary/aromatic N) is 2. The van der Waals surface area contributed by atoms with Crippen molar-refractivity contribution in [2.24, 2.45) is 4.99 Å². The Morgan fingerprint density at radius 3 is 2.37 bits per heavy atom. The maximum Gasteiger partial charge on any atom is 0.344 e. The van der Waals surface area contributed by atoms with Gasteiger partial charge in [0.1, 0.15) is 5.75 Å². The van der Waals surface area contributed by atoms with Crippen LogP contribution in [0.4, 0.5) is 0 Å². The number of esters is 2. The topological polar surface area (TPSA) is 115 Å². The summed E-state index contributed by atoms with van der Waals surface area (Å²) in [6.45, 7) is 7.75. The second-order valence-corrected chi connectivity index (χ2v) is 9.82. The van der Waals surface area contributed by atoms with Gasteiger partial charge in [-0.05, 0) is 69.2 Å². The molecule has 0 aliphatic carbocycles. The van der Waals surface area contributed by atoms with Crippen LogP contribution >= 0.6 is 11.3 Å². The quantitative estimate of drug-likeness (QED) is 0.318. The fourth-order valence-electron chi connectivity index (χ4n) is 4.41. The number of benzene rings is 2. The summed E-state index contributed by atoms with van der Waals surface area (Å²) in [7, 11) is 1.49. The van der Waals surface area contributed by atoms with Gasteiger partial charge in [0.15, 0.2) is 22.9 Å². The maximum absolute atomic E-state index is 13.9. The van der Waals surface area contributed by atoms with Crippen LogP contribution in [0.5, 0.6) is 17.2 Å². The normalized spacial score (nSPS) is 14.7. The van der Waals surface area contributed by atoms with Crippen molar-refractivity contribution in [2.75, 3.05) is 33.5 Å². The molecule has 2 heterocycles. The minimum Gasteiger partial charge on any atom is -0.494 e. The Kier molecular flexibility index (Phi) is 9.61. The summed E-state index contributed by atoms with van der Waals surface area (Å²) in [6.07, 6.45) is 1.71. The Morgan fingerprint density at radius 2 is 1.71 bits per heavy atom. The van der Waals surface area contributed by atoms with E-state index in [4.69, 9.17) is 23.7 Å². The van der Waals surface area contributed by atoms with E-state index in [0.717, 1.165) is 5.56 Å². The fourth-order valence-corrected chi connectivity index (χ4v) is 5.45. The number of carbonyl (C=O) groups excluding carboxylic acids is 2. The molecule has 0 N–H and O–H groups in total.